The van der Waals surface area contributed by atoms with Gasteiger partial charge in [-0.25, -0.2) is 9.78 Å². The quantitative estimate of drug-likeness (QED) is 0.789. The molecule has 0 aromatic carbocycles. The number of aromatic nitrogens is 1. The Hall–Kier alpha value is -0.810. The van der Waals surface area contributed by atoms with Crippen molar-refractivity contribution >= 4 is 34.0 Å². The van der Waals surface area contributed by atoms with Gasteiger partial charge in [-0.15, -0.1) is 11.3 Å². The van der Waals surface area contributed by atoms with Gasteiger partial charge < -0.3 is 10.1 Å². The van der Waals surface area contributed by atoms with Gasteiger partial charge in [-0.05, 0) is 6.92 Å². The fourth-order valence-corrected chi connectivity index (χ4v) is 1.67. The van der Waals surface area contributed by atoms with Gasteiger partial charge in [0.25, 0.3) is 0 Å². The highest BCUT2D eigenvalue weighted by molar-refractivity contribution is 7.14. The summed E-state index contributed by atoms with van der Waals surface area (Å²) >= 11 is 6.94. The Kier molecular flexibility index (Phi) is 3.50. The summed E-state index contributed by atoms with van der Waals surface area (Å²) in [5.41, 5.74) is 0. The maximum Gasteiger partial charge on any atom is 0.328 e. The van der Waals surface area contributed by atoms with Crippen molar-refractivity contribution in [1.29, 1.82) is 0 Å². The Morgan fingerprint density at radius 1 is 1.85 bits per heavy atom. The number of hydrogen-bond donors (Lipinski definition) is 1. The first-order valence-electron chi connectivity index (χ1n) is 3.59. The molecule has 1 atom stereocenters. The molecule has 0 fully saturated rings. The third kappa shape index (κ3) is 2.86. The number of methoxy groups -OCH3 is 1. The summed E-state index contributed by atoms with van der Waals surface area (Å²) in [5, 5.41) is 5.58. The highest BCUT2D eigenvalue weighted by Gasteiger charge is 2.13. The molecule has 0 bridgehead atoms. The minimum Gasteiger partial charge on any atom is -0.467 e. The molecule has 13 heavy (non-hydrogen) atoms. The molecule has 1 aromatic rings. The van der Waals surface area contributed by atoms with E-state index < -0.39 is 6.04 Å². The van der Waals surface area contributed by atoms with E-state index in [1.807, 2.05) is 0 Å². The zero-order valence-corrected chi connectivity index (χ0v) is 8.78. The van der Waals surface area contributed by atoms with Crippen LogP contribution in [0, 0.1) is 0 Å². The zero-order valence-electron chi connectivity index (χ0n) is 7.20. The third-order valence-electron chi connectivity index (χ3n) is 1.37. The smallest absolute Gasteiger partial charge is 0.328 e. The first-order chi connectivity index (χ1) is 6.13. The van der Waals surface area contributed by atoms with Crippen molar-refractivity contribution in [3.05, 3.63) is 10.5 Å². The van der Waals surface area contributed by atoms with Crippen LogP contribution in [0.15, 0.2) is 5.38 Å². The molecule has 1 heterocycles. The van der Waals surface area contributed by atoms with E-state index in [0.29, 0.717) is 10.3 Å². The van der Waals surface area contributed by atoms with Crippen LogP contribution in [0.2, 0.25) is 5.15 Å². The Morgan fingerprint density at radius 2 is 2.54 bits per heavy atom. The van der Waals surface area contributed by atoms with Crippen LogP contribution in [0.1, 0.15) is 6.92 Å². The van der Waals surface area contributed by atoms with Crippen molar-refractivity contribution in [2.45, 2.75) is 13.0 Å². The van der Waals surface area contributed by atoms with Crippen LogP contribution in [-0.2, 0) is 9.53 Å². The highest BCUT2D eigenvalue weighted by atomic mass is 35.5. The van der Waals surface area contributed by atoms with Gasteiger partial charge in [0.15, 0.2) is 5.13 Å². The predicted molar refractivity (Wildman–Crippen MR) is 52.2 cm³/mol. The van der Waals surface area contributed by atoms with E-state index >= 15 is 0 Å². The normalized spacial score (nSPS) is 12.2. The van der Waals surface area contributed by atoms with Crippen LogP contribution in [0.25, 0.3) is 0 Å². The Balaban J connectivity index is 2.54. The number of anilines is 1. The monoisotopic (exact) mass is 220 g/mol. The van der Waals surface area contributed by atoms with Crippen molar-refractivity contribution in [3.63, 3.8) is 0 Å². The molecule has 0 saturated carbocycles. The number of carbonyl (C=O) groups is 1. The third-order valence-corrected chi connectivity index (χ3v) is 2.47. The molecule has 0 aliphatic carbocycles. The molecule has 0 amide bonds. The lowest BCUT2D eigenvalue weighted by molar-refractivity contribution is -0.141. The molecule has 0 aliphatic rings. The standard InChI is InChI=1S/C7H9ClN2O2S/c1-4(6(11)12-2)9-7-10-5(8)3-13-7/h3-4H,1-2H3,(H,9,10). The number of nitrogens with one attached hydrogen (secondary N) is 1. The second-order valence-electron chi connectivity index (χ2n) is 2.36. The first-order valence-corrected chi connectivity index (χ1v) is 4.84. The lowest BCUT2D eigenvalue weighted by Gasteiger charge is -2.09. The van der Waals surface area contributed by atoms with Gasteiger partial charge in [-0.1, -0.05) is 11.6 Å². The van der Waals surface area contributed by atoms with Crippen LogP contribution >= 0.6 is 22.9 Å². The first kappa shape index (κ1) is 10.3. The number of nitrogens with zero attached hydrogens (tertiary/aromatic N) is 1. The molecule has 0 aliphatic heterocycles. The molecule has 1 N–H and O–H groups in total. The zero-order chi connectivity index (χ0) is 9.84. The fraction of sp³-hybridized carbons (Fsp3) is 0.429. The molecule has 1 unspecified atom stereocenters. The van der Waals surface area contributed by atoms with Gasteiger partial charge in [-0.3, -0.25) is 0 Å². The molecule has 0 radical (unpaired) electrons. The van der Waals surface area contributed by atoms with E-state index in [1.165, 1.54) is 18.4 Å². The van der Waals surface area contributed by atoms with Crippen molar-refractivity contribution in [3.8, 4) is 0 Å². The van der Waals surface area contributed by atoms with E-state index in [1.54, 1.807) is 12.3 Å². The van der Waals surface area contributed by atoms with E-state index in [-0.39, 0.29) is 5.97 Å². The number of rotatable bonds is 3. The van der Waals surface area contributed by atoms with Crippen molar-refractivity contribution in [2.24, 2.45) is 0 Å². The van der Waals surface area contributed by atoms with Crippen molar-refractivity contribution in [1.82, 2.24) is 4.98 Å². The highest BCUT2D eigenvalue weighted by Crippen LogP contribution is 2.19. The Morgan fingerprint density at radius 3 is 3.00 bits per heavy atom. The summed E-state index contributed by atoms with van der Waals surface area (Å²) in [6.45, 7) is 1.70. The fourth-order valence-electron chi connectivity index (χ4n) is 0.741. The summed E-state index contributed by atoms with van der Waals surface area (Å²) < 4.78 is 4.53. The molecular formula is C7H9ClN2O2S. The Labute approximate surface area is 84.9 Å². The molecule has 0 spiro atoms. The van der Waals surface area contributed by atoms with Gasteiger partial charge in [0.1, 0.15) is 11.2 Å². The minimum atomic E-state index is -0.410. The van der Waals surface area contributed by atoms with Gasteiger partial charge in [0, 0.05) is 5.38 Å². The summed E-state index contributed by atoms with van der Waals surface area (Å²) in [5.74, 6) is -0.327. The van der Waals surface area contributed by atoms with E-state index in [0.717, 1.165) is 0 Å². The molecule has 0 saturated heterocycles. The summed E-state index contributed by atoms with van der Waals surface area (Å²) in [6.07, 6.45) is 0. The molecule has 6 heteroatoms. The van der Waals surface area contributed by atoms with Gasteiger partial charge in [-0.2, -0.15) is 0 Å². The molecular weight excluding hydrogens is 212 g/mol. The van der Waals surface area contributed by atoms with Crippen molar-refractivity contribution in [2.75, 3.05) is 12.4 Å². The molecule has 1 aromatic heterocycles. The maximum absolute atomic E-state index is 11.0. The second kappa shape index (κ2) is 4.43. The maximum atomic E-state index is 11.0. The molecule has 4 nitrogen and oxygen atoms in total. The summed E-state index contributed by atoms with van der Waals surface area (Å²) in [6, 6.07) is -0.410. The number of carbonyl (C=O) groups excluding carboxylic acids is 1. The SMILES string of the molecule is COC(=O)C(C)Nc1nc(Cl)cs1. The average Bonchev–Trinajstić information content (AvgIpc) is 2.49. The molecule has 72 valence electrons. The van der Waals surface area contributed by atoms with Crippen LogP contribution in [0.4, 0.5) is 5.13 Å². The van der Waals surface area contributed by atoms with E-state index in [4.69, 9.17) is 11.6 Å². The largest absolute Gasteiger partial charge is 0.467 e. The number of thiazole rings is 1. The Bertz CT molecular complexity index is 302. The minimum absolute atomic E-state index is 0.327. The number of hydrogen-bond acceptors (Lipinski definition) is 5. The predicted octanol–water partition coefficient (Wildman–Crippen LogP) is 1.77. The number of ether oxygens (including phenoxy) is 1. The van der Waals surface area contributed by atoms with Gasteiger partial charge >= 0.3 is 5.97 Å². The lowest BCUT2D eigenvalue weighted by Crippen LogP contribution is -2.26. The summed E-state index contributed by atoms with van der Waals surface area (Å²) in [4.78, 5) is 14.9. The van der Waals surface area contributed by atoms with Crippen LogP contribution < -0.4 is 5.32 Å². The topological polar surface area (TPSA) is 51.2 Å². The number of esters is 1. The lowest BCUT2D eigenvalue weighted by atomic mass is 10.3. The number of halogens is 1. The van der Waals surface area contributed by atoms with Crippen molar-refractivity contribution < 1.29 is 9.53 Å². The van der Waals surface area contributed by atoms with Crippen LogP contribution in [-0.4, -0.2) is 24.1 Å². The van der Waals surface area contributed by atoms with Crippen LogP contribution in [0.3, 0.4) is 0 Å². The van der Waals surface area contributed by atoms with E-state index in [9.17, 15) is 4.79 Å². The van der Waals surface area contributed by atoms with Gasteiger partial charge in [0.2, 0.25) is 0 Å². The average molecular weight is 221 g/mol. The van der Waals surface area contributed by atoms with E-state index in [2.05, 4.69) is 15.0 Å². The molecule has 1 rings (SSSR count). The summed E-state index contributed by atoms with van der Waals surface area (Å²) in [7, 11) is 1.34. The second-order valence-corrected chi connectivity index (χ2v) is 3.61. The van der Waals surface area contributed by atoms with Gasteiger partial charge in [0.05, 0.1) is 7.11 Å². The van der Waals surface area contributed by atoms with Crippen LogP contribution in [0.5, 0.6) is 0 Å².